The van der Waals surface area contributed by atoms with Gasteiger partial charge in [-0.25, -0.2) is 9.98 Å². The van der Waals surface area contributed by atoms with Crippen LogP contribution in [0.2, 0.25) is 0 Å². The van der Waals surface area contributed by atoms with Gasteiger partial charge < -0.3 is 15.4 Å². The number of ether oxygens (including phenoxy) is 1. The van der Waals surface area contributed by atoms with Crippen LogP contribution in [0.1, 0.15) is 53.0 Å². The van der Waals surface area contributed by atoms with E-state index in [9.17, 15) is 0 Å². The standard InChI is InChI=1S/C17H30N4O.HI/c1-6-8-12-22-15-14(10-9-11-19-15)13-20-16(18-7-2)21-17(3,4)5;/h9-11H,6-8,12-13H2,1-5H3,(H2,18,20,21);1H. The SMILES string of the molecule is CCCCOc1ncccc1CN=C(NCC)NC(C)(C)C.I. The molecular weight excluding hydrogens is 403 g/mol. The number of hydrogen-bond acceptors (Lipinski definition) is 3. The molecule has 0 amide bonds. The molecule has 0 saturated heterocycles. The fraction of sp³-hybridized carbons (Fsp3) is 0.647. The smallest absolute Gasteiger partial charge is 0.218 e. The summed E-state index contributed by atoms with van der Waals surface area (Å²) < 4.78 is 5.75. The molecule has 132 valence electrons. The first-order chi connectivity index (χ1) is 10.5. The zero-order chi connectivity index (χ0) is 16.4. The third kappa shape index (κ3) is 9.63. The number of nitrogens with zero attached hydrogens (tertiary/aromatic N) is 2. The number of rotatable bonds is 7. The van der Waals surface area contributed by atoms with Crippen LogP contribution in [0.25, 0.3) is 0 Å². The Hall–Kier alpha value is -1.05. The van der Waals surface area contributed by atoms with Crippen molar-refractivity contribution in [3.05, 3.63) is 23.9 Å². The molecule has 0 spiro atoms. The van der Waals surface area contributed by atoms with Gasteiger partial charge in [0.25, 0.3) is 0 Å². The van der Waals surface area contributed by atoms with E-state index in [1.54, 1.807) is 6.20 Å². The van der Waals surface area contributed by atoms with Crippen LogP contribution in [0.3, 0.4) is 0 Å². The van der Waals surface area contributed by atoms with Gasteiger partial charge in [-0.15, -0.1) is 24.0 Å². The molecule has 1 aromatic rings. The van der Waals surface area contributed by atoms with Crippen LogP contribution in [0.15, 0.2) is 23.3 Å². The van der Waals surface area contributed by atoms with Gasteiger partial charge in [0.1, 0.15) is 0 Å². The number of nitrogens with one attached hydrogen (secondary N) is 2. The van der Waals surface area contributed by atoms with Crippen LogP contribution in [-0.2, 0) is 6.54 Å². The number of halogens is 1. The average Bonchev–Trinajstić information content (AvgIpc) is 2.45. The van der Waals surface area contributed by atoms with Crippen LogP contribution in [0.5, 0.6) is 5.88 Å². The van der Waals surface area contributed by atoms with Gasteiger partial charge in [0.2, 0.25) is 5.88 Å². The lowest BCUT2D eigenvalue weighted by atomic mass is 10.1. The van der Waals surface area contributed by atoms with Crippen LogP contribution in [0.4, 0.5) is 0 Å². The molecule has 0 aliphatic rings. The van der Waals surface area contributed by atoms with Gasteiger partial charge >= 0.3 is 0 Å². The lowest BCUT2D eigenvalue weighted by Gasteiger charge is -2.23. The second-order valence-electron chi connectivity index (χ2n) is 6.24. The molecule has 23 heavy (non-hydrogen) atoms. The molecule has 1 heterocycles. The van der Waals surface area contributed by atoms with E-state index in [0.717, 1.165) is 30.9 Å². The maximum Gasteiger partial charge on any atom is 0.218 e. The molecule has 0 bridgehead atoms. The van der Waals surface area contributed by atoms with Crippen molar-refractivity contribution < 1.29 is 4.74 Å². The van der Waals surface area contributed by atoms with Crippen LogP contribution >= 0.6 is 24.0 Å². The Labute approximate surface area is 157 Å². The molecule has 0 aliphatic heterocycles. The minimum atomic E-state index is -0.0314. The van der Waals surface area contributed by atoms with Crippen LogP contribution < -0.4 is 15.4 Å². The van der Waals surface area contributed by atoms with Gasteiger partial charge in [-0.1, -0.05) is 19.4 Å². The second kappa shape index (κ2) is 11.5. The van der Waals surface area contributed by atoms with Gasteiger partial charge in [-0.3, -0.25) is 0 Å². The van der Waals surface area contributed by atoms with E-state index < -0.39 is 0 Å². The summed E-state index contributed by atoms with van der Waals surface area (Å²) in [6.07, 6.45) is 3.90. The highest BCUT2D eigenvalue weighted by atomic mass is 127. The first-order valence-corrected chi connectivity index (χ1v) is 8.09. The third-order valence-corrected chi connectivity index (χ3v) is 2.83. The zero-order valence-corrected chi connectivity index (χ0v) is 17.3. The zero-order valence-electron chi connectivity index (χ0n) is 15.0. The monoisotopic (exact) mass is 434 g/mol. The molecule has 5 nitrogen and oxygen atoms in total. The number of pyridine rings is 1. The third-order valence-electron chi connectivity index (χ3n) is 2.83. The quantitative estimate of drug-likeness (QED) is 0.297. The van der Waals surface area contributed by atoms with Gasteiger partial charge in [0, 0.05) is 23.8 Å². The van der Waals surface area contributed by atoms with E-state index in [4.69, 9.17) is 4.74 Å². The highest BCUT2D eigenvalue weighted by molar-refractivity contribution is 14.0. The number of hydrogen-bond donors (Lipinski definition) is 2. The van der Waals surface area contributed by atoms with Gasteiger partial charge in [-0.05, 0) is 40.2 Å². The van der Waals surface area contributed by atoms with Crippen molar-refractivity contribution in [1.82, 2.24) is 15.6 Å². The lowest BCUT2D eigenvalue weighted by Crippen LogP contribution is -2.47. The summed E-state index contributed by atoms with van der Waals surface area (Å²) in [4.78, 5) is 8.95. The fourth-order valence-corrected chi connectivity index (χ4v) is 1.81. The second-order valence-corrected chi connectivity index (χ2v) is 6.24. The number of aliphatic imine (C=N–C) groups is 1. The predicted molar refractivity (Wildman–Crippen MR) is 108 cm³/mol. The van der Waals surface area contributed by atoms with Crippen molar-refractivity contribution >= 4 is 29.9 Å². The van der Waals surface area contributed by atoms with Gasteiger partial charge in [0.05, 0.1) is 13.2 Å². The van der Waals surface area contributed by atoms with E-state index in [1.807, 2.05) is 12.1 Å². The molecule has 0 fully saturated rings. The minimum absolute atomic E-state index is 0. The molecular formula is C17H31IN4O. The van der Waals surface area contributed by atoms with E-state index >= 15 is 0 Å². The summed E-state index contributed by atoms with van der Waals surface area (Å²) in [7, 11) is 0. The van der Waals surface area contributed by atoms with Crippen LogP contribution in [0, 0.1) is 0 Å². The van der Waals surface area contributed by atoms with Crippen molar-refractivity contribution in [2.45, 2.75) is 59.5 Å². The van der Waals surface area contributed by atoms with E-state index in [-0.39, 0.29) is 29.5 Å². The van der Waals surface area contributed by atoms with E-state index in [2.05, 4.69) is 55.2 Å². The highest BCUT2D eigenvalue weighted by Gasteiger charge is 2.12. The summed E-state index contributed by atoms with van der Waals surface area (Å²) in [6.45, 7) is 12.6. The number of guanidine groups is 1. The Morgan fingerprint density at radius 2 is 2.04 bits per heavy atom. The van der Waals surface area contributed by atoms with Gasteiger partial charge in [-0.2, -0.15) is 0 Å². The Morgan fingerprint density at radius 3 is 2.65 bits per heavy atom. The molecule has 2 N–H and O–H groups in total. The largest absolute Gasteiger partial charge is 0.477 e. The fourth-order valence-electron chi connectivity index (χ4n) is 1.81. The van der Waals surface area contributed by atoms with Gasteiger partial charge in [0.15, 0.2) is 5.96 Å². The lowest BCUT2D eigenvalue weighted by molar-refractivity contribution is 0.294. The predicted octanol–water partition coefficient (Wildman–Crippen LogP) is 3.73. The summed E-state index contributed by atoms with van der Waals surface area (Å²) in [5, 5.41) is 6.64. The first-order valence-electron chi connectivity index (χ1n) is 8.09. The molecule has 6 heteroatoms. The Balaban J connectivity index is 0.00000484. The van der Waals surface area contributed by atoms with Crippen molar-refractivity contribution in [3.63, 3.8) is 0 Å². The summed E-state index contributed by atoms with van der Waals surface area (Å²) in [5.74, 6) is 1.49. The van der Waals surface area contributed by atoms with Crippen molar-refractivity contribution in [1.29, 1.82) is 0 Å². The molecule has 0 aliphatic carbocycles. The summed E-state index contributed by atoms with van der Waals surface area (Å²) >= 11 is 0. The van der Waals surface area contributed by atoms with Crippen LogP contribution in [-0.4, -0.2) is 29.6 Å². The molecule has 0 saturated carbocycles. The van der Waals surface area contributed by atoms with Crippen molar-refractivity contribution in [2.75, 3.05) is 13.2 Å². The summed E-state index contributed by atoms with van der Waals surface area (Å²) in [5.41, 5.74) is 0.973. The molecule has 0 aromatic carbocycles. The van der Waals surface area contributed by atoms with Crippen molar-refractivity contribution in [3.8, 4) is 5.88 Å². The molecule has 1 aromatic heterocycles. The number of unbranched alkanes of at least 4 members (excludes halogenated alkanes) is 1. The van der Waals surface area contributed by atoms with E-state index in [0.29, 0.717) is 19.0 Å². The normalized spacial score (nSPS) is 11.6. The highest BCUT2D eigenvalue weighted by Crippen LogP contribution is 2.16. The molecule has 0 radical (unpaired) electrons. The minimum Gasteiger partial charge on any atom is -0.477 e. The maximum absolute atomic E-state index is 5.75. The summed E-state index contributed by atoms with van der Waals surface area (Å²) in [6, 6.07) is 3.93. The molecule has 0 atom stereocenters. The van der Waals surface area contributed by atoms with E-state index in [1.165, 1.54) is 0 Å². The average molecular weight is 434 g/mol. The Morgan fingerprint density at radius 1 is 1.30 bits per heavy atom. The first kappa shape index (κ1) is 21.9. The molecule has 0 unspecified atom stereocenters. The number of aromatic nitrogens is 1. The van der Waals surface area contributed by atoms with Crippen molar-refractivity contribution in [2.24, 2.45) is 4.99 Å². The Bertz CT molecular complexity index is 472. The Kier molecular flexibility index (Phi) is 11.0. The molecule has 1 rings (SSSR count). The maximum atomic E-state index is 5.75. The topological polar surface area (TPSA) is 58.5 Å².